The second kappa shape index (κ2) is 7.72. The Labute approximate surface area is 141 Å². The second-order valence-electron chi connectivity index (χ2n) is 6.03. The molecule has 7 nitrogen and oxygen atoms in total. The van der Waals surface area contributed by atoms with Gasteiger partial charge in [0.2, 0.25) is 11.9 Å². The first-order valence-corrected chi connectivity index (χ1v) is 8.30. The lowest BCUT2D eigenvalue weighted by Crippen LogP contribution is -2.23. The third-order valence-electron chi connectivity index (χ3n) is 3.98. The van der Waals surface area contributed by atoms with Gasteiger partial charge in [0.25, 0.3) is 0 Å². The summed E-state index contributed by atoms with van der Waals surface area (Å²) < 4.78 is 0. The van der Waals surface area contributed by atoms with Crippen LogP contribution in [0.1, 0.15) is 39.0 Å². The number of carbonyl (C=O) groups excluding carboxylic acids is 1. The predicted octanol–water partition coefficient (Wildman–Crippen LogP) is 3.32. The molecule has 1 heterocycles. The minimum atomic E-state index is -0.0928. The molecule has 0 spiro atoms. The average molecular weight is 326 g/mol. The number of rotatable bonds is 5. The zero-order valence-corrected chi connectivity index (χ0v) is 13.7. The fourth-order valence-corrected chi connectivity index (χ4v) is 2.85. The number of nitrogens with zero attached hydrogens (tertiary/aromatic N) is 3. The summed E-state index contributed by atoms with van der Waals surface area (Å²) in [5.41, 5.74) is 1.58. The van der Waals surface area contributed by atoms with Gasteiger partial charge in [0, 0.05) is 24.3 Å². The number of amides is 1. The number of nitrogens with one attached hydrogen (secondary N) is 3. The van der Waals surface area contributed by atoms with E-state index in [1.807, 2.05) is 24.3 Å². The summed E-state index contributed by atoms with van der Waals surface area (Å²) in [7, 11) is 0. The van der Waals surface area contributed by atoms with Crippen LogP contribution in [0.2, 0.25) is 0 Å². The Bertz CT molecular complexity index is 682. The van der Waals surface area contributed by atoms with E-state index in [-0.39, 0.29) is 5.91 Å². The van der Waals surface area contributed by atoms with Crippen molar-refractivity contribution in [2.24, 2.45) is 0 Å². The van der Waals surface area contributed by atoms with E-state index < -0.39 is 0 Å². The van der Waals surface area contributed by atoms with Gasteiger partial charge in [-0.3, -0.25) is 4.79 Å². The summed E-state index contributed by atoms with van der Waals surface area (Å²) in [4.78, 5) is 15.5. The van der Waals surface area contributed by atoms with Gasteiger partial charge in [-0.05, 0) is 37.1 Å². The maximum atomic E-state index is 11.0. The average Bonchev–Trinajstić information content (AvgIpc) is 2.57. The van der Waals surface area contributed by atoms with Crippen molar-refractivity contribution >= 4 is 29.0 Å². The molecule has 2 aromatic rings. The third-order valence-corrected chi connectivity index (χ3v) is 3.98. The van der Waals surface area contributed by atoms with Crippen LogP contribution >= 0.6 is 0 Å². The van der Waals surface area contributed by atoms with Crippen LogP contribution in [0.15, 0.2) is 30.5 Å². The summed E-state index contributed by atoms with van der Waals surface area (Å²) in [6.07, 6.45) is 7.86. The number of carbonyl (C=O) groups is 1. The molecular weight excluding hydrogens is 304 g/mol. The van der Waals surface area contributed by atoms with Crippen LogP contribution in [0.25, 0.3) is 0 Å². The molecule has 1 fully saturated rings. The van der Waals surface area contributed by atoms with Gasteiger partial charge in [0.1, 0.15) is 0 Å². The minimum absolute atomic E-state index is 0.0928. The monoisotopic (exact) mass is 326 g/mol. The second-order valence-corrected chi connectivity index (χ2v) is 6.03. The van der Waals surface area contributed by atoms with E-state index in [0.29, 0.717) is 12.0 Å². The zero-order chi connectivity index (χ0) is 16.8. The molecule has 0 saturated heterocycles. The normalized spacial score (nSPS) is 14.9. The molecule has 1 amide bonds. The zero-order valence-electron chi connectivity index (χ0n) is 13.7. The quantitative estimate of drug-likeness (QED) is 0.780. The molecule has 0 atom stereocenters. The van der Waals surface area contributed by atoms with Gasteiger partial charge in [-0.15, -0.1) is 5.10 Å². The molecular formula is C17H22N6O. The summed E-state index contributed by atoms with van der Waals surface area (Å²) >= 11 is 0. The summed E-state index contributed by atoms with van der Waals surface area (Å²) in [5, 5.41) is 17.3. The molecule has 0 bridgehead atoms. The van der Waals surface area contributed by atoms with Gasteiger partial charge < -0.3 is 16.0 Å². The largest absolute Gasteiger partial charge is 0.366 e. The first-order valence-electron chi connectivity index (χ1n) is 8.30. The molecule has 1 aliphatic carbocycles. The van der Waals surface area contributed by atoms with Crippen molar-refractivity contribution in [1.29, 1.82) is 0 Å². The highest BCUT2D eigenvalue weighted by Crippen LogP contribution is 2.21. The third kappa shape index (κ3) is 4.65. The lowest BCUT2D eigenvalue weighted by Gasteiger charge is -2.23. The molecule has 1 aromatic heterocycles. The van der Waals surface area contributed by atoms with E-state index in [2.05, 4.69) is 31.1 Å². The van der Waals surface area contributed by atoms with Crippen LogP contribution in [0.5, 0.6) is 0 Å². The Hall–Kier alpha value is -2.70. The summed E-state index contributed by atoms with van der Waals surface area (Å²) in [6.45, 7) is 1.48. The van der Waals surface area contributed by atoms with Gasteiger partial charge in [-0.2, -0.15) is 10.1 Å². The maximum Gasteiger partial charge on any atom is 0.249 e. The van der Waals surface area contributed by atoms with Crippen LogP contribution in [0, 0.1) is 0 Å². The van der Waals surface area contributed by atoms with Crippen molar-refractivity contribution in [3.63, 3.8) is 0 Å². The van der Waals surface area contributed by atoms with Crippen molar-refractivity contribution in [1.82, 2.24) is 15.2 Å². The van der Waals surface area contributed by atoms with Crippen molar-refractivity contribution in [3.05, 3.63) is 30.5 Å². The Morgan fingerprint density at radius 3 is 2.50 bits per heavy atom. The molecule has 3 rings (SSSR count). The Balaban J connectivity index is 1.62. The summed E-state index contributed by atoms with van der Waals surface area (Å²) in [6, 6.07) is 7.83. The van der Waals surface area contributed by atoms with Gasteiger partial charge in [0.05, 0.1) is 6.20 Å². The SMILES string of the molecule is CC(=O)Nc1ccc(Nc2nncc(NC3CCCCC3)n2)cc1. The number of hydrogen-bond donors (Lipinski definition) is 3. The Kier molecular flexibility index (Phi) is 5.20. The van der Waals surface area contributed by atoms with E-state index >= 15 is 0 Å². The van der Waals surface area contributed by atoms with Crippen LogP contribution < -0.4 is 16.0 Å². The minimum Gasteiger partial charge on any atom is -0.366 e. The standard InChI is InChI=1S/C17H22N6O/c1-12(24)19-14-7-9-15(10-8-14)21-17-22-16(11-18-23-17)20-13-5-3-2-4-6-13/h7-11,13H,2-6H2,1H3,(H,19,24)(H2,20,21,22,23). The van der Waals surface area contributed by atoms with Gasteiger partial charge in [0.15, 0.2) is 5.82 Å². The smallest absolute Gasteiger partial charge is 0.249 e. The van der Waals surface area contributed by atoms with Crippen LogP contribution in [0.3, 0.4) is 0 Å². The van der Waals surface area contributed by atoms with E-state index in [4.69, 9.17) is 0 Å². The van der Waals surface area contributed by atoms with Crippen molar-refractivity contribution in [2.75, 3.05) is 16.0 Å². The predicted molar refractivity (Wildman–Crippen MR) is 94.4 cm³/mol. The fraction of sp³-hybridized carbons (Fsp3) is 0.412. The van der Waals surface area contributed by atoms with E-state index in [9.17, 15) is 4.79 Å². The van der Waals surface area contributed by atoms with Gasteiger partial charge >= 0.3 is 0 Å². The first-order chi connectivity index (χ1) is 11.7. The van der Waals surface area contributed by atoms with Crippen molar-refractivity contribution in [3.8, 4) is 0 Å². The molecule has 3 N–H and O–H groups in total. The van der Waals surface area contributed by atoms with Crippen molar-refractivity contribution < 1.29 is 4.79 Å². The molecule has 1 aromatic carbocycles. The van der Waals surface area contributed by atoms with Crippen LogP contribution in [-0.4, -0.2) is 27.1 Å². The van der Waals surface area contributed by atoms with Crippen LogP contribution in [0.4, 0.5) is 23.1 Å². The molecule has 126 valence electrons. The molecule has 0 unspecified atom stereocenters. The Morgan fingerprint density at radius 2 is 1.79 bits per heavy atom. The number of hydrogen-bond acceptors (Lipinski definition) is 6. The van der Waals surface area contributed by atoms with E-state index in [1.54, 1.807) is 6.20 Å². The first kappa shape index (κ1) is 16.2. The highest BCUT2D eigenvalue weighted by Gasteiger charge is 2.14. The van der Waals surface area contributed by atoms with Crippen LogP contribution in [-0.2, 0) is 4.79 Å². The molecule has 7 heteroatoms. The van der Waals surface area contributed by atoms with Gasteiger partial charge in [-0.1, -0.05) is 19.3 Å². The van der Waals surface area contributed by atoms with E-state index in [0.717, 1.165) is 17.2 Å². The highest BCUT2D eigenvalue weighted by atomic mass is 16.1. The molecule has 1 aliphatic rings. The fourth-order valence-electron chi connectivity index (χ4n) is 2.85. The lowest BCUT2D eigenvalue weighted by molar-refractivity contribution is -0.114. The molecule has 24 heavy (non-hydrogen) atoms. The van der Waals surface area contributed by atoms with E-state index in [1.165, 1.54) is 39.0 Å². The Morgan fingerprint density at radius 1 is 1.08 bits per heavy atom. The molecule has 0 aliphatic heterocycles. The number of anilines is 4. The highest BCUT2D eigenvalue weighted by molar-refractivity contribution is 5.88. The number of benzene rings is 1. The summed E-state index contributed by atoms with van der Waals surface area (Å²) in [5.74, 6) is 1.10. The lowest BCUT2D eigenvalue weighted by atomic mass is 9.96. The topological polar surface area (TPSA) is 91.8 Å². The maximum absolute atomic E-state index is 11.0. The van der Waals surface area contributed by atoms with Gasteiger partial charge in [-0.25, -0.2) is 0 Å². The molecule has 0 radical (unpaired) electrons. The molecule has 1 saturated carbocycles. The van der Waals surface area contributed by atoms with Crippen molar-refractivity contribution in [2.45, 2.75) is 45.1 Å². The number of aromatic nitrogens is 3.